The number of hydrogen-bond donors (Lipinski definition) is 1. The fourth-order valence-electron chi connectivity index (χ4n) is 2.86. The van der Waals surface area contributed by atoms with Crippen LogP contribution in [-0.4, -0.2) is 23.3 Å². The van der Waals surface area contributed by atoms with Crippen LogP contribution in [0, 0.1) is 0 Å². The molecule has 20 heavy (non-hydrogen) atoms. The molecule has 1 aliphatic rings. The Morgan fingerprint density at radius 2 is 1.80 bits per heavy atom. The van der Waals surface area contributed by atoms with Crippen molar-refractivity contribution in [1.82, 2.24) is 5.06 Å². The molecule has 4 nitrogen and oxygen atoms in total. The molecule has 0 fully saturated rings. The highest BCUT2D eigenvalue weighted by Gasteiger charge is 2.48. The van der Waals surface area contributed by atoms with Crippen molar-refractivity contribution < 1.29 is 14.7 Å². The molecule has 1 heterocycles. The van der Waals surface area contributed by atoms with E-state index >= 15 is 0 Å². The van der Waals surface area contributed by atoms with Gasteiger partial charge in [-0.3, -0.25) is 0 Å². The van der Waals surface area contributed by atoms with Gasteiger partial charge in [0.05, 0.1) is 18.2 Å². The minimum atomic E-state index is -0.464. The third-order valence-electron chi connectivity index (χ3n) is 4.03. The van der Waals surface area contributed by atoms with Gasteiger partial charge in [-0.2, -0.15) is 5.06 Å². The summed E-state index contributed by atoms with van der Waals surface area (Å²) in [5, 5.41) is 11.8. The number of fused-ring (bicyclic) bond motifs is 1. The molecule has 0 bridgehead atoms. The van der Waals surface area contributed by atoms with E-state index in [2.05, 4.69) is 4.74 Å². The maximum Gasteiger partial charge on any atom is 0.330 e. The van der Waals surface area contributed by atoms with Gasteiger partial charge in [0.1, 0.15) is 0 Å². The predicted molar refractivity (Wildman–Crippen MR) is 77.2 cm³/mol. The third-order valence-corrected chi connectivity index (χ3v) is 4.03. The molecule has 0 aliphatic carbocycles. The largest absolute Gasteiger partial charge is 0.466 e. The molecule has 0 saturated heterocycles. The first-order chi connectivity index (χ1) is 9.21. The monoisotopic (exact) mass is 275 g/mol. The van der Waals surface area contributed by atoms with Gasteiger partial charge in [0.15, 0.2) is 0 Å². The molecule has 0 unspecified atom stereocenters. The van der Waals surface area contributed by atoms with Crippen LogP contribution in [0.3, 0.4) is 0 Å². The van der Waals surface area contributed by atoms with Gasteiger partial charge < -0.3 is 9.94 Å². The van der Waals surface area contributed by atoms with Crippen LogP contribution in [0.25, 0.3) is 6.08 Å². The second-order valence-corrected chi connectivity index (χ2v) is 6.09. The van der Waals surface area contributed by atoms with Crippen LogP contribution >= 0.6 is 0 Å². The Hall–Kier alpha value is -1.65. The van der Waals surface area contributed by atoms with E-state index in [4.69, 9.17) is 0 Å². The highest BCUT2D eigenvalue weighted by atomic mass is 16.5. The normalized spacial score (nSPS) is 20.1. The van der Waals surface area contributed by atoms with Gasteiger partial charge in [-0.25, -0.2) is 4.79 Å². The zero-order valence-electron chi connectivity index (χ0n) is 12.6. The van der Waals surface area contributed by atoms with Crippen molar-refractivity contribution in [3.05, 3.63) is 41.0 Å². The Balaban J connectivity index is 2.46. The molecule has 2 rings (SSSR count). The van der Waals surface area contributed by atoms with Crippen molar-refractivity contribution in [3.63, 3.8) is 0 Å². The van der Waals surface area contributed by atoms with E-state index in [0.717, 1.165) is 16.7 Å². The van der Waals surface area contributed by atoms with Crippen molar-refractivity contribution in [2.24, 2.45) is 0 Å². The van der Waals surface area contributed by atoms with E-state index in [9.17, 15) is 10.0 Å². The minimum absolute atomic E-state index is 0.381. The molecule has 108 valence electrons. The van der Waals surface area contributed by atoms with Crippen molar-refractivity contribution in [3.8, 4) is 0 Å². The van der Waals surface area contributed by atoms with E-state index in [-0.39, 0.29) is 5.97 Å². The van der Waals surface area contributed by atoms with Crippen LogP contribution in [0.1, 0.15) is 44.4 Å². The number of carbonyl (C=O) groups excluding carboxylic acids is 1. The lowest BCUT2D eigenvalue weighted by atomic mass is 9.89. The lowest BCUT2D eigenvalue weighted by molar-refractivity contribution is -0.216. The SMILES string of the molecule is COC(=O)/C=C/c1ccc2c(c1)C(C)(C)N(O)C2(C)C. The van der Waals surface area contributed by atoms with E-state index in [1.54, 1.807) is 6.08 Å². The number of hydroxylamine groups is 2. The van der Waals surface area contributed by atoms with E-state index < -0.39 is 11.1 Å². The number of hydrogen-bond acceptors (Lipinski definition) is 4. The van der Waals surface area contributed by atoms with Gasteiger partial charge in [-0.05, 0) is 56.5 Å². The van der Waals surface area contributed by atoms with Crippen molar-refractivity contribution in [1.29, 1.82) is 0 Å². The average molecular weight is 275 g/mol. The molecular formula is C16H21NO3. The maximum atomic E-state index is 11.1. The fraction of sp³-hybridized carbons (Fsp3) is 0.438. The fourth-order valence-corrected chi connectivity index (χ4v) is 2.86. The van der Waals surface area contributed by atoms with Gasteiger partial charge in [0.2, 0.25) is 0 Å². The van der Waals surface area contributed by atoms with Crippen LogP contribution in [0.15, 0.2) is 24.3 Å². The molecule has 1 aromatic rings. The van der Waals surface area contributed by atoms with Crippen molar-refractivity contribution in [2.75, 3.05) is 7.11 Å². The quantitative estimate of drug-likeness (QED) is 0.665. The summed E-state index contributed by atoms with van der Waals surface area (Å²) in [7, 11) is 1.35. The third kappa shape index (κ3) is 2.15. The van der Waals surface area contributed by atoms with Gasteiger partial charge >= 0.3 is 5.97 Å². The number of methoxy groups -OCH3 is 1. The van der Waals surface area contributed by atoms with Gasteiger partial charge in [-0.15, -0.1) is 0 Å². The Morgan fingerprint density at radius 3 is 2.40 bits per heavy atom. The topological polar surface area (TPSA) is 49.8 Å². The first-order valence-electron chi connectivity index (χ1n) is 6.61. The number of ether oxygens (including phenoxy) is 1. The zero-order chi connectivity index (χ0) is 15.1. The van der Waals surface area contributed by atoms with E-state index in [1.165, 1.54) is 18.2 Å². The van der Waals surface area contributed by atoms with Gasteiger partial charge in [-0.1, -0.05) is 12.1 Å². The molecule has 1 aliphatic heterocycles. The summed E-state index contributed by atoms with van der Waals surface area (Å²) in [5.41, 5.74) is 2.18. The summed E-state index contributed by atoms with van der Waals surface area (Å²) >= 11 is 0. The molecule has 1 N–H and O–H groups in total. The Labute approximate surface area is 119 Å². The second-order valence-electron chi connectivity index (χ2n) is 6.09. The molecule has 0 amide bonds. The molecule has 4 heteroatoms. The summed E-state index contributed by atoms with van der Waals surface area (Å²) in [6, 6.07) is 5.95. The average Bonchev–Trinajstić information content (AvgIpc) is 2.55. The van der Waals surface area contributed by atoms with Crippen molar-refractivity contribution in [2.45, 2.75) is 38.8 Å². The summed E-state index contributed by atoms with van der Waals surface area (Å²) in [4.78, 5) is 11.1. The first-order valence-corrected chi connectivity index (χ1v) is 6.61. The Bertz CT molecular complexity index is 573. The number of rotatable bonds is 2. The number of benzene rings is 1. The summed E-state index contributed by atoms with van der Waals surface area (Å²) < 4.78 is 4.58. The Morgan fingerprint density at radius 1 is 1.20 bits per heavy atom. The minimum Gasteiger partial charge on any atom is -0.466 e. The van der Waals surface area contributed by atoms with Crippen LogP contribution in [0.2, 0.25) is 0 Å². The number of esters is 1. The standard InChI is InChI=1S/C16H21NO3/c1-15(2)12-8-6-11(7-9-14(18)20-5)10-13(12)16(3,4)17(15)19/h6-10,19H,1-5H3/b9-7+. The Kier molecular flexibility index (Phi) is 3.48. The molecule has 1 aromatic carbocycles. The lowest BCUT2D eigenvalue weighted by Gasteiger charge is -2.34. The highest BCUT2D eigenvalue weighted by molar-refractivity contribution is 5.87. The molecule has 0 radical (unpaired) electrons. The van der Waals surface area contributed by atoms with Crippen LogP contribution in [0.5, 0.6) is 0 Å². The van der Waals surface area contributed by atoms with Gasteiger partial charge in [0, 0.05) is 6.08 Å². The van der Waals surface area contributed by atoms with Gasteiger partial charge in [0.25, 0.3) is 0 Å². The van der Waals surface area contributed by atoms with Crippen LogP contribution in [-0.2, 0) is 20.6 Å². The van der Waals surface area contributed by atoms with E-state index in [1.807, 2.05) is 45.9 Å². The van der Waals surface area contributed by atoms with Crippen LogP contribution < -0.4 is 0 Å². The van der Waals surface area contributed by atoms with Crippen molar-refractivity contribution >= 4 is 12.0 Å². The predicted octanol–water partition coefficient (Wildman–Crippen LogP) is 3.05. The van der Waals surface area contributed by atoms with E-state index in [0.29, 0.717) is 0 Å². The zero-order valence-corrected chi connectivity index (χ0v) is 12.6. The summed E-state index contributed by atoms with van der Waals surface area (Å²) in [6.45, 7) is 7.94. The van der Waals surface area contributed by atoms with Crippen LogP contribution in [0.4, 0.5) is 0 Å². The molecule has 0 saturated carbocycles. The molecule has 0 aromatic heterocycles. The number of carbonyl (C=O) groups is 1. The second kappa shape index (κ2) is 4.72. The molecule has 0 spiro atoms. The molecular weight excluding hydrogens is 254 g/mol. The molecule has 0 atom stereocenters. The number of nitrogens with zero attached hydrogens (tertiary/aromatic N) is 1. The smallest absolute Gasteiger partial charge is 0.330 e. The summed E-state index contributed by atoms with van der Waals surface area (Å²) in [6.07, 6.45) is 3.11. The maximum absolute atomic E-state index is 11.1. The summed E-state index contributed by atoms with van der Waals surface area (Å²) in [5.74, 6) is -0.381. The first kappa shape index (κ1) is 14.8. The highest BCUT2D eigenvalue weighted by Crippen LogP contribution is 2.48. The lowest BCUT2D eigenvalue weighted by Crippen LogP contribution is -2.42.